The van der Waals surface area contributed by atoms with Crippen LogP contribution in [-0.4, -0.2) is 75.9 Å². The third-order valence-corrected chi connectivity index (χ3v) is 9.33. The first-order valence-electron chi connectivity index (χ1n) is 11.7. The Morgan fingerprint density at radius 2 is 1.80 bits per heavy atom. The number of nitrogens with zero attached hydrogens (tertiary/aromatic N) is 4. The van der Waals surface area contributed by atoms with Crippen LogP contribution in [0, 0.1) is 12.8 Å². The van der Waals surface area contributed by atoms with Crippen molar-refractivity contribution in [3.05, 3.63) is 48.0 Å². The molecule has 1 aliphatic heterocycles. The minimum absolute atomic E-state index is 0.0186. The molecule has 0 bridgehead atoms. The summed E-state index contributed by atoms with van der Waals surface area (Å²) < 4.78 is 33.9. The number of para-hydroxylation sites is 1. The maximum Gasteiger partial charge on any atom is 0.243 e. The number of likely N-dealkylation sites (N-methyl/N-ethyl adjacent to an activating group) is 1. The molecule has 0 atom stereocenters. The van der Waals surface area contributed by atoms with Crippen molar-refractivity contribution in [3.8, 4) is 5.75 Å². The van der Waals surface area contributed by atoms with Gasteiger partial charge in [-0.25, -0.2) is 13.4 Å². The third-order valence-electron chi connectivity index (χ3n) is 6.38. The molecular weight excluding hydrogens is 484 g/mol. The third kappa shape index (κ3) is 5.50. The molecule has 10 heteroatoms. The van der Waals surface area contributed by atoms with E-state index in [-0.39, 0.29) is 16.7 Å². The summed E-state index contributed by atoms with van der Waals surface area (Å²) in [5, 5.41) is 0.703. The molecule has 4 rings (SSSR count). The second-order valence-electron chi connectivity index (χ2n) is 9.07. The van der Waals surface area contributed by atoms with Crippen LogP contribution in [0.1, 0.15) is 18.4 Å². The fraction of sp³-hybridized carbons (Fsp3) is 0.440. The second kappa shape index (κ2) is 10.6. The number of aromatic nitrogens is 1. The Morgan fingerprint density at radius 1 is 1.11 bits per heavy atom. The van der Waals surface area contributed by atoms with Crippen LogP contribution in [0.3, 0.4) is 0 Å². The predicted molar refractivity (Wildman–Crippen MR) is 140 cm³/mol. The van der Waals surface area contributed by atoms with Gasteiger partial charge in [0.15, 0.2) is 5.13 Å². The van der Waals surface area contributed by atoms with Crippen LogP contribution in [0.5, 0.6) is 5.75 Å². The molecule has 0 unspecified atom stereocenters. The smallest absolute Gasteiger partial charge is 0.243 e. The Bertz CT molecular complexity index is 1280. The number of hydrogen-bond donors (Lipinski definition) is 0. The molecule has 3 aromatic rings. The summed E-state index contributed by atoms with van der Waals surface area (Å²) >= 11 is 1.53. The molecule has 0 radical (unpaired) electrons. The zero-order chi connectivity index (χ0) is 25.2. The summed E-state index contributed by atoms with van der Waals surface area (Å²) in [5.74, 6) is 0.383. The average Bonchev–Trinajstić information content (AvgIpc) is 3.29. The molecule has 0 aliphatic carbocycles. The van der Waals surface area contributed by atoms with E-state index in [0.29, 0.717) is 49.9 Å². The molecule has 8 nitrogen and oxygen atoms in total. The highest BCUT2D eigenvalue weighted by molar-refractivity contribution is 7.89. The molecule has 2 heterocycles. The molecular formula is C25H32N4O4S2. The van der Waals surface area contributed by atoms with Crippen molar-refractivity contribution in [2.24, 2.45) is 5.92 Å². The number of carbonyl (C=O) groups excluding carboxylic acids is 1. The van der Waals surface area contributed by atoms with Crippen molar-refractivity contribution in [3.63, 3.8) is 0 Å². The van der Waals surface area contributed by atoms with Crippen molar-refractivity contribution < 1.29 is 17.9 Å². The van der Waals surface area contributed by atoms with Gasteiger partial charge in [0.05, 0.1) is 22.2 Å². The minimum atomic E-state index is -3.62. The Morgan fingerprint density at radius 3 is 2.40 bits per heavy atom. The highest BCUT2D eigenvalue weighted by Gasteiger charge is 2.35. The van der Waals surface area contributed by atoms with Gasteiger partial charge in [-0.05, 0) is 69.8 Å². The van der Waals surface area contributed by atoms with E-state index in [4.69, 9.17) is 9.72 Å². The van der Waals surface area contributed by atoms with E-state index < -0.39 is 10.0 Å². The van der Waals surface area contributed by atoms with E-state index in [2.05, 4.69) is 0 Å². The molecule has 188 valence electrons. The largest absolute Gasteiger partial charge is 0.497 e. The summed E-state index contributed by atoms with van der Waals surface area (Å²) in [6.07, 6.45) is 0.965. The summed E-state index contributed by atoms with van der Waals surface area (Å²) in [6.45, 7) is 3.90. The Labute approximate surface area is 211 Å². The maximum absolute atomic E-state index is 13.7. The molecule has 1 amide bonds. The van der Waals surface area contributed by atoms with Gasteiger partial charge in [-0.2, -0.15) is 4.31 Å². The number of thiazole rings is 1. The van der Waals surface area contributed by atoms with E-state index >= 15 is 0 Å². The molecule has 1 aliphatic rings. The molecule has 35 heavy (non-hydrogen) atoms. The number of benzene rings is 2. The first-order valence-corrected chi connectivity index (χ1v) is 13.9. The first kappa shape index (κ1) is 25.6. The number of piperidine rings is 1. The normalized spacial score (nSPS) is 15.6. The summed E-state index contributed by atoms with van der Waals surface area (Å²) in [4.78, 5) is 22.5. The highest BCUT2D eigenvalue weighted by Crippen LogP contribution is 2.33. The topological polar surface area (TPSA) is 83.0 Å². The Balaban J connectivity index is 1.50. The number of aryl methyl sites for hydroxylation is 1. The van der Waals surface area contributed by atoms with Gasteiger partial charge in [-0.3, -0.25) is 9.69 Å². The zero-order valence-corrected chi connectivity index (χ0v) is 22.2. The number of rotatable bonds is 8. The van der Waals surface area contributed by atoms with Crippen LogP contribution in [0.2, 0.25) is 0 Å². The lowest BCUT2D eigenvalue weighted by Crippen LogP contribution is -2.46. The summed E-state index contributed by atoms with van der Waals surface area (Å²) in [5.41, 5.74) is 2.01. The average molecular weight is 517 g/mol. The lowest BCUT2D eigenvalue weighted by atomic mass is 9.96. The van der Waals surface area contributed by atoms with Gasteiger partial charge < -0.3 is 9.64 Å². The van der Waals surface area contributed by atoms with E-state index in [1.807, 2.05) is 44.1 Å². The van der Waals surface area contributed by atoms with Crippen molar-refractivity contribution >= 4 is 42.6 Å². The Hall–Kier alpha value is -2.53. The van der Waals surface area contributed by atoms with Gasteiger partial charge >= 0.3 is 0 Å². The van der Waals surface area contributed by atoms with Crippen molar-refractivity contribution in [2.45, 2.75) is 24.7 Å². The van der Waals surface area contributed by atoms with Crippen LogP contribution in [-0.2, 0) is 14.8 Å². The monoisotopic (exact) mass is 516 g/mol. The lowest BCUT2D eigenvalue weighted by molar-refractivity contribution is -0.123. The van der Waals surface area contributed by atoms with Crippen LogP contribution < -0.4 is 9.64 Å². The number of methoxy groups -OCH3 is 1. The summed E-state index contributed by atoms with van der Waals surface area (Å²) in [7, 11) is 1.89. The molecule has 1 fully saturated rings. The van der Waals surface area contributed by atoms with Gasteiger partial charge in [-0.1, -0.05) is 23.5 Å². The van der Waals surface area contributed by atoms with Gasteiger partial charge in [0.2, 0.25) is 15.9 Å². The van der Waals surface area contributed by atoms with E-state index in [1.54, 1.807) is 36.3 Å². The zero-order valence-electron chi connectivity index (χ0n) is 20.6. The van der Waals surface area contributed by atoms with Crippen molar-refractivity contribution in [1.29, 1.82) is 0 Å². The molecule has 0 saturated carbocycles. The number of ether oxygens (including phenoxy) is 1. The van der Waals surface area contributed by atoms with E-state index in [1.165, 1.54) is 15.6 Å². The van der Waals surface area contributed by atoms with E-state index in [9.17, 15) is 13.2 Å². The molecule has 1 aromatic heterocycles. The van der Waals surface area contributed by atoms with E-state index in [0.717, 1.165) is 15.8 Å². The van der Waals surface area contributed by atoms with Crippen molar-refractivity contribution in [2.75, 3.05) is 52.3 Å². The number of amides is 1. The fourth-order valence-corrected chi connectivity index (χ4v) is 6.79. The van der Waals surface area contributed by atoms with Crippen LogP contribution in [0.4, 0.5) is 5.13 Å². The van der Waals surface area contributed by atoms with Crippen LogP contribution in [0.25, 0.3) is 10.2 Å². The number of carbonyl (C=O) groups is 1. The van der Waals surface area contributed by atoms with Gasteiger partial charge in [0, 0.05) is 32.1 Å². The number of fused-ring (bicyclic) bond motifs is 1. The Kier molecular flexibility index (Phi) is 7.75. The number of sulfonamides is 1. The van der Waals surface area contributed by atoms with Gasteiger partial charge in [0.1, 0.15) is 5.75 Å². The quantitative estimate of drug-likeness (QED) is 0.455. The number of hydrogen-bond acceptors (Lipinski definition) is 7. The molecule has 2 aromatic carbocycles. The molecule has 0 spiro atoms. The second-order valence-corrected chi connectivity index (χ2v) is 12.0. The SMILES string of the molecule is COc1ccc(S(=O)(=O)N2CCC(C(=O)N(CCN(C)C)c3nc4c(C)cccc4s3)CC2)cc1. The first-order chi connectivity index (χ1) is 16.7. The standard InChI is InChI=1S/C25H32N4O4S2/c1-18-6-5-7-22-23(18)26-25(34-22)29(17-16-27(2)3)24(30)19-12-14-28(15-13-19)35(31,32)21-10-8-20(33-4)9-11-21/h5-11,19H,12-17H2,1-4H3. The van der Waals surface area contributed by atoms with Crippen LogP contribution in [0.15, 0.2) is 47.4 Å². The maximum atomic E-state index is 13.7. The molecule has 1 saturated heterocycles. The highest BCUT2D eigenvalue weighted by atomic mass is 32.2. The predicted octanol–water partition coefficient (Wildman–Crippen LogP) is 3.61. The van der Waals surface area contributed by atoms with Gasteiger partial charge in [0.25, 0.3) is 0 Å². The lowest BCUT2D eigenvalue weighted by Gasteiger charge is -2.33. The van der Waals surface area contributed by atoms with Crippen molar-refractivity contribution in [1.82, 2.24) is 14.2 Å². The summed E-state index contributed by atoms with van der Waals surface area (Å²) in [6, 6.07) is 12.5. The van der Waals surface area contributed by atoms with Gasteiger partial charge in [-0.15, -0.1) is 0 Å². The number of anilines is 1. The van der Waals surface area contributed by atoms with Crippen LogP contribution >= 0.6 is 11.3 Å². The minimum Gasteiger partial charge on any atom is -0.497 e. The fourth-order valence-electron chi connectivity index (χ4n) is 4.25. The molecule has 0 N–H and O–H groups in total.